The van der Waals surface area contributed by atoms with Crippen LogP contribution in [0.15, 0.2) is 23.6 Å². The Morgan fingerprint density at radius 2 is 1.89 bits per heavy atom. The lowest BCUT2D eigenvalue weighted by atomic mass is 10.0. The molecular formula is C15H17NO2S. The van der Waals surface area contributed by atoms with Gasteiger partial charge in [-0.1, -0.05) is 17.7 Å². The van der Waals surface area contributed by atoms with Crippen LogP contribution in [0.5, 0.6) is 0 Å². The van der Waals surface area contributed by atoms with E-state index in [0.717, 1.165) is 16.3 Å². The molecule has 0 unspecified atom stereocenters. The van der Waals surface area contributed by atoms with Crippen LogP contribution in [0, 0.1) is 20.8 Å². The maximum absolute atomic E-state index is 10.8. The van der Waals surface area contributed by atoms with Crippen LogP contribution in [-0.4, -0.2) is 11.1 Å². The number of aliphatic carboxylic acids is 1. The van der Waals surface area contributed by atoms with E-state index < -0.39 is 5.97 Å². The Kier molecular flexibility index (Phi) is 3.90. The number of anilines is 2. The zero-order valence-electron chi connectivity index (χ0n) is 11.3. The highest BCUT2D eigenvalue weighted by Gasteiger charge is 2.11. The molecule has 0 amide bonds. The van der Waals surface area contributed by atoms with E-state index in [9.17, 15) is 4.79 Å². The minimum absolute atomic E-state index is 0.0595. The summed E-state index contributed by atoms with van der Waals surface area (Å²) < 4.78 is 0. The number of hydrogen-bond donors (Lipinski definition) is 2. The smallest absolute Gasteiger partial charge is 0.308 e. The fourth-order valence-electron chi connectivity index (χ4n) is 2.24. The van der Waals surface area contributed by atoms with Crippen LogP contribution in [0.1, 0.15) is 21.6 Å². The normalized spacial score (nSPS) is 10.5. The number of carbonyl (C=O) groups is 1. The summed E-state index contributed by atoms with van der Waals surface area (Å²) in [7, 11) is 0. The summed E-state index contributed by atoms with van der Waals surface area (Å²) in [5, 5.41) is 14.2. The summed E-state index contributed by atoms with van der Waals surface area (Å²) in [5.74, 6) is -0.803. The second-order valence-corrected chi connectivity index (χ2v) is 5.73. The predicted octanol–water partition coefficient (Wildman–Crippen LogP) is 4.04. The molecule has 0 radical (unpaired) electrons. The fraction of sp³-hybridized carbons (Fsp3) is 0.267. The highest BCUT2D eigenvalue weighted by atomic mass is 32.1. The van der Waals surface area contributed by atoms with Gasteiger partial charge in [0.15, 0.2) is 0 Å². The number of carboxylic acids is 1. The van der Waals surface area contributed by atoms with E-state index in [1.54, 1.807) is 0 Å². The maximum atomic E-state index is 10.8. The number of benzene rings is 1. The van der Waals surface area contributed by atoms with Gasteiger partial charge in [-0.3, -0.25) is 4.79 Å². The molecule has 2 rings (SSSR count). The van der Waals surface area contributed by atoms with Crippen LogP contribution in [0.2, 0.25) is 0 Å². The molecule has 2 N–H and O–H groups in total. The largest absolute Gasteiger partial charge is 0.481 e. The van der Waals surface area contributed by atoms with Gasteiger partial charge in [-0.2, -0.15) is 0 Å². The Hall–Kier alpha value is -1.81. The van der Waals surface area contributed by atoms with Crippen LogP contribution < -0.4 is 5.32 Å². The molecule has 4 heteroatoms. The molecule has 3 nitrogen and oxygen atoms in total. The number of carboxylic acid groups (broad SMARTS) is 1. The lowest BCUT2D eigenvalue weighted by Crippen LogP contribution is -2.02. The molecule has 0 atom stereocenters. The monoisotopic (exact) mass is 275 g/mol. The standard InChI is InChI=1S/C15H17NO2S/c1-9-6-10(2)15(11(3)7-9)16-12-4-5-19-13(12)8-14(17)18/h4-7,16H,8H2,1-3H3,(H,17,18). The Labute approximate surface area is 116 Å². The van der Waals surface area contributed by atoms with Crippen molar-refractivity contribution < 1.29 is 9.90 Å². The first-order valence-electron chi connectivity index (χ1n) is 6.10. The third-order valence-corrected chi connectivity index (χ3v) is 3.91. The number of hydrogen-bond acceptors (Lipinski definition) is 3. The van der Waals surface area contributed by atoms with Gasteiger partial charge in [0.25, 0.3) is 0 Å². The van der Waals surface area contributed by atoms with Gasteiger partial charge in [0.05, 0.1) is 12.1 Å². The third-order valence-electron chi connectivity index (χ3n) is 2.99. The number of thiophene rings is 1. The molecule has 0 bridgehead atoms. The Balaban J connectivity index is 2.32. The van der Waals surface area contributed by atoms with E-state index in [2.05, 4.69) is 38.2 Å². The summed E-state index contributed by atoms with van der Waals surface area (Å²) in [6, 6.07) is 6.18. The second-order valence-electron chi connectivity index (χ2n) is 4.73. The van der Waals surface area contributed by atoms with Crippen molar-refractivity contribution in [3.05, 3.63) is 45.1 Å². The van der Waals surface area contributed by atoms with Crippen molar-refractivity contribution in [1.82, 2.24) is 0 Å². The minimum atomic E-state index is -0.803. The van der Waals surface area contributed by atoms with E-state index in [4.69, 9.17) is 5.11 Å². The number of nitrogens with one attached hydrogen (secondary N) is 1. The first-order valence-corrected chi connectivity index (χ1v) is 6.98. The summed E-state index contributed by atoms with van der Waals surface area (Å²) in [6.07, 6.45) is 0.0595. The van der Waals surface area contributed by atoms with Crippen LogP contribution in [0.3, 0.4) is 0 Å². The van der Waals surface area contributed by atoms with E-state index in [0.29, 0.717) is 0 Å². The van der Waals surface area contributed by atoms with Gasteiger partial charge in [0.2, 0.25) is 0 Å². The van der Waals surface area contributed by atoms with Crippen molar-refractivity contribution in [2.45, 2.75) is 27.2 Å². The van der Waals surface area contributed by atoms with Crippen molar-refractivity contribution in [2.24, 2.45) is 0 Å². The van der Waals surface area contributed by atoms with Crippen molar-refractivity contribution in [1.29, 1.82) is 0 Å². The van der Waals surface area contributed by atoms with Crippen LogP contribution in [0.25, 0.3) is 0 Å². The quantitative estimate of drug-likeness (QED) is 0.885. The molecule has 0 saturated carbocycles. The van der Waals surface area contributed by atoms with Gasteiger partial charge in [-0.15, -0.1) is 11.3 Å². The molecule has 0 fully saturated rings. The van der Waals surface area contributed by atoms with Gasteiger partial charge in [0.1, 0.15) is 0 Å². The Morgan fingerprint density at radius 1 is 1.26 bits per heavy atom. The molecule has 1 heterocycles. The predicted molar refractivity (Wildman–Crippen MR) is 79.6 cm³/mol. The number of rotatable bonds is 4. The molecule has 0 aliphatic carbocycles. The third kappa shape index (κ3) is 3.15. The first kappa shape index (κ1) is 13.6. The first-order chi connectivity index (χ1) is 8.97. The average Bonchev–Trinajstić information content (AvgIpc) is 2.70. The van der Waals surface area contributed by atoms with Gasteiger partial charge in [-0.05, 0) is 43.3 Å². The zero-order chi connectivity index (χ0) is 14.0. The molecular weight excluding hydrogens is 258 g/mol. The molecule has 0 spiro atoms. The topological polar surface area (TPSA) is 49.3 Å². The molecule has 19 heavy (non-hydrogen) atoms. The molecule has 0 aliphatic heterocycles. The summed E-state index contributed by atoms with van der Waals surface area (Å²) in [5.41, 5.74) is 5.53. The summed E-state index contributed by atoms with van der Waals surface area (Å²) in [6.45, 7) is 6.20. The highest BCUT2D eigenvalue weighted by molar-refractivity contribution is 7.10. The van der Waals surface area contributed by atoms with Crippen LogP contribution in [0.4, 0.5) is 11.4 Å². The fourth-order valence-corrected chi connectivity index (χ4v) is 3.06. The lowest BCUT2D eigenvalue weighted by molar-refractivity contribution is -0.136. The molecule has 0 saturated heterocycles. The summed E-state index contributed by atoms with van der Waals surface area (Å²) >= 11 is 1.47. The van der Waals surface area contributed by atoms with Gasteiger partial charge >= 0.3 is 5.97 Å². The van der Waals surface area contributed by atoms with Crippen molar-refractivity contribution >= 4 is 28.7 Å². The number of aryl methyl sites for hydroxylation is 3. The van der Waals surface area contributed by atoms with Crippen LogP contribution >= 0.6 is 11.3 Å². The van der Waals surface area contributed by atoms with Gasteiger partial charge < -0.3 is 10.4 Å². The zero-order valence-corrected chi connectivity index (χ0v) is 12.1. The van der Waals surface area contributed by atoms with Gasteiger partial charge in [-0.25, -0.2) is 0 Å². The highest BCUT2D eigenvalue weighted by Crippen LogP contribution is 2.30. The average molecular weight is 275 g/mol. The van der Waals surface area contributed by atoms with Crippen molar-refractivity contribution in [3.8, 4) is 0 Å². The summed E-state index contributed by atoms with van der Waals surface area (Å²) in [4.78, 5) is 11.7. The molecule has 1 aromatic heterocycles. The molecule has 1 aromatic carbocycles. The van der Waals surface area contributed by atoms with E-state index >= 15 is 0 Å². The van der Waals surface area contributed by atoms with Crippen LogP contribution in [-0.2, 0) is 11.2 Å². The van der Waals surface area contributed by atoms with Gasteiger partial charge in [0, 0.05) is 10.6 Å². The maximum Gasteiger partial charge on any atom is 0.308 e. The lowest BCUT2D eigenvalue weighted by Gasteiger charge is -2.14. The molecule has 2 aromatic rings. The minimum Gasteiger partial charge on any atom is -0.481 e. The Morgan fingerprint density at radius 3 is 2.47 bits per heavy atom. The van der Waals surface area contributed by atoms with E-state index in [-0.39, 0.29) is 6.42 Å². The van der Waals surface area contributed by atoms with Crippen molar-refractivity contribution in [3.63, 3.8) is 0 Å². The van der Waals surface area contributed by atoms with Crippen molar-refractivity contribution in [2.75, 3.05) is 5.32 Å². The second kappa shape index (κ2) is 5.45. The molecule has 100 valence electrons. The molecule has 0 aliphatic rings. The van der Waals surface area contributed by atoms with E-state index in [1.165, 1.54) is 28.0 Å². The SMILES string of the molecule is Cc1cc(C)c(Nc2ccsc2CC(=O)O)c(C)c1. The van der Waals surface area contributed by atoms with E-state index in [1.807, 2.05) is 11.4 Å². The Bertz CT molecular complexity index is 593.